The van der Waals surface area contributed by atoms with Gasteiger partial charge in [0, 0.05) is 5.69 Å². The number of aryl methyl sites for hydroxylation is 1. The van der Waals surface area contributed by atoms with Crippen molar-refractivity contribution in [3.63, 3.8) is 0 Å². The number of ether oxygens (including phenoxy) is 1. The quantitative estimate of drug-likeness (QED) is 0.478. The Morgan fingerprint density at radius 2 is 1.95 bits per heavy atom. The predicted molar refractivity (Wildman–Crippen MR) is 142 cm³/mol. The zero-order valence-electron chi connectivity index (χ0n) is 21.6. The summed E-state index contributed by atoms with van der Waals surface area (Å²) in [6.45, 7) is 8.03. The Morgan fingerprint density at radius 1 is 1.24 bits per heavy atom. The van der Waals surface area contributed by atoms with Crippen LogP contribution in [-0.2, 0) is 17.4 Å². The maximum absolute atomic E-state index is 13.6. The van der Waals surface area contributed by atoms with Gasteiger partial charge in [0.25, 0.3) is 5.91 Å². The fraction of sp³-hybridized carbons (Fsp3) is 0.481. The highest BCUT2D eigenvalue weighted by Gasteiger charge is 2.51. The molecular weight excluding hydrogens is 515 g/mol. The van der Waals surface area contributed by atoms with Crippen LogP contribution in [0.3, 0.4) is 0 Å². The molecule has 0 radical (unpaired) electrons. The summed E-state index contributed by atoms with van der Waals surface area (Å²) in [5, 5.41) is 12.5. The summed E-state index contributed by atoms with van der Waals surface area (Å²) in [5.74, 6) is 0.917. The van der Waals surface area contributed by atoms with Crippen molar-refractivity contribution in [2.75, 3.05) is 29.5 Å². The van der Waals surface area contributed by atoms with E-state index in [0.717, 1.165) is 60.8 Å². The van der Waals surface area contributed by atoms with Crippen LogP contribution in [0, 0.1) is 17.2 Å². The molecular formula is C27H30F3N5O2S. The van der Waals surface area contributed by atoms with Gasteiger partial charge >= 0.3 is 6.18 Å². The number of rotatable bonds is 7. The number of hydrogen-bond donors (Lipinski definition) is 1. The van der Waals surface area contributed by atoms with Gasteiger partial charge in [-0.2, -0.15) is 18.4 Å². The molecule has 0 bridgehead atoms. The second-order valence-corrected chi connectivity index (χ2v) is 10.4. The minimum Gasteiger partial charge on any atom is -0.493 e. The number of halogens is 3. The van der Waals surface area contributed by atoms with Crippen molar-refractivity contribution in [1.29, 1.82) is 5.26 Å². The zero-order chi connectivity index (χ0) is 27.7. The van der Waals surface area contributed by atoms with Crippen molar-refractivity contribution < 1.29 is 22.7 Å². The van der Waals surface area contributed by atoms with Gasteiger partial charge < -0.3 is 15.0 Å². The third-order valence-corrected chi connectivity index (χ3v) is 7.50. The van der Waals surface area contributed by atoms with Crippen molar-refractivity contribution >= 4 is 34.6 Å². The lowest BCUT2D eigenvalue weighted by molar-refractivity contribution is -0.138. The van der Waals surface area contributed by atoms with Gasteiger partial charge in [-0.05, 0) is 101 Å². The van der Waals surface area contributed by atoms with Gasteiger partial charge in [-0.25, -0.2) is 4.98 Å². The Balaban J connectivity index is 1.60. The molecule has 11 heteroatoms. The highest BCUT2D eigenvalue weighted by Crippen LogP contribution is 2.40. The molecule has 2 saturated heterocycles. The van der Waals surface area contributed by atoms with Gasteiger partial charge in [-0.3, -0.25) is 9.69 Å². The van der Waals surface area contributed by atoms with E-state index in [4.69, 9.17) is 22.2 Å². The number of pyridine rings is 1. The maximum atomic E-state index is 13.6. The van der Waals surface area contributed by atoms with Gasteiger partial charge in [0.1, 0.15) is 17.4 Å². The third kappa shape index (κ3) is 5.33. The van der Waals surface area contributed by atoms with Crippen LogP contribution < -0.4 is 19.9 Å². The number of amides is 1. The van der Waals surface area contributed by atoms with Gasteiger partial charge in [-0.15, -0.1) is 0 Å². The van der Waals surface area contributed by atoms with Crippen molar-refractivity contribution in [3.05, 3.63) is 47.3 Å². The van der Waals surface area contributed by atoms with Crippen LogP contribution in [0.15, 0.2) is 30.5 Å². The number of anilines is 2. The summed E-state index contributed by atoms with van der Waals surface area (Å²) in [7, 11) is 0. The first-order chi connectivity index (χ1) is 18.0. The van der Waals surface area contributed by atoms with Crippen molar-refractivity contribution in [1.82, 2.24) is 10.3 Å². The van der Waals surface area contributed by atoms with Crippen LogP contribution >= 0.6 is 12.2 Å². The van der Waals surface area contributed by atoms with Crippen LogP contribution in [-0.4, -0.2) is 41.2 Å². The molecule has 0 saturated carbocycles. The number of nitrogens with zero attached hydrogens (tertiary/aromatic N) is 4. The van der Waals surface area contributed by atoms with E-state index in [-0.39, 0.29) is 10.8 Å². The Hall–Kier alpha value is -3.23. The number of carbonyl (C=O) groups excluding carboxylic acids is 1. The largest absolute Gasteiger partial charge is 0.493 e. The monoisotopic (exact) mass is 545 g/mol. The Labute approximate surface area is 225 Å². The molecule has 2 fully saturated rings. The van der Waals surface area contributed by atoms with Crippen LogP contribution in [0.5, 0.6) is 5.75 Å². The van der Waals surface area contributed by atoms with Crippen LogP contribution in [0.1, 0.15) is 56.9 Å². The highest BCUT2D eigenvalue weighted by molar-refractivity contribution is 7.81. The van der Waals surface area contributed by atoms with Gasteiger partial charge in [0.2, 0.25) is 0 Å². The molecule has 2 aliphatic rings. The molecule has 202 valence electrons. The molecule has 0 spiro atoms. The molecule has 1 amide bonds. The van der Waals surface area contributed by atoms with Crippen molar-refractivity contribution in [2.24, 2.45) is 5.92 Å². The normalized spacial score (nSPS) is 18.1. The van der Waals surface area contributed by atoms with E-state index in [1.54, 1.807) is 18.7 Å². The van der Waals surface area contributed by atoms with Crippen LogP contribution in [0.25, 0.3) is 0 Å². The molecule has 1 aromatic carbocycles. The van der Waals surface area contributed by atoms with E-state index >= 15 is 0 Å². The fourth-order valence-corrected chi connectivity index (χ4v) is 5.49. The molecule has 1 N–H and O–H groups in total. The molecule has 0 unspecified atom stereocenters. The standard InChI is InChI=1S/C27H30F3N5O2S/c1-4-18-13-19(5-6-23(18)37-12-9-17-7-10-32-11-8-17)35-25(38)34(24(36)26(35,2)3)20-14-21(27(28,29)30)22(15-31)33-16-20/h5-6,13-14,16-17,32H,4,7-12H2,1-3H3. The summed E-state index contributed by atoms with van der Waals surface area (Å²) in [6.07, 6.45) is 0.214. The Kier molecular flexibility index (Phi) is 7.95. The van der Waals surface area contributed by atoms with E-state index in [1.165, 1.54) is 6.07 Å². The van der Waals surface area contributed by atoms with Crippen LogP contribution in [0.2, 0.25) is 0 Å². The minimum atomic E-state index is -4.81. The smallest absolute Gasteiger partial charge is 0.419 e. The molecule has 38 heavy (non-hydrogen) atoms. The molecule has 0 aliphatic carbocycles. The molecule has 2 aromatic rings. The first kappa shape index (κ1) is 27.8. The number of nitrogens with one attached hydrogen (secondary N) is 1. The summed E-state index contributed by atoms with van der Waals surface area (Å²) >= 11 is 5.63. The third-order valence-electron chi connectivity index (χ3n) is 7.14. The number of hydrogen-bond acceptors (Lipinski definition) is 6. The summed E-state index contributed by atoms with van der Waals surface area (Å²) in [6, 6.07) is 7.76. The molecule has 4 rings (SSSR count). The first-order valence-corrected chi connectivity index (χ1v) is 13.0. The number of piperidine rings is 1. The zero-order valence-corrected chi connectivity index (χ0v) is 22.4. The lowest BCUT2D eigenvalue weighted by Crippen LogP contribution is -2.44. The summed E-state index contributed by atoms with van der Waals surface area (Å²) in [4.78, 5) is 19.8. The molecule has 0 atom stereocenters. The lowest BCUT2D eigenvalue weighted by Gasteiger charge is -2.30. The van der Waals surface area contributed by atoms with E-state index < -0.39 is 28.9 Å². The topological polar surface area (TPSA) is 81.5 Å². The number of benzene rings is 1. The van der Waals surface area contributed by atoms with Gasteiger partial charge in [-0.1, -0.05) is 6.92 Å². The second-order valence-electron chi connectivity index (χ2n) is 9.99. The number of nitriles is 1. The second kappa shape index (κ2) is 10.9. The van der Waals surface area contributed by atoms with Gasteiger partial charge in [0.15, 0.2) is 10.8 Å². The Morgan fingerprint density at radius 3 is 2.58 bits per heavy atom. The van der Waals surface area contributed by atoms with Crippen LogP contribution in [0.4, 0.5) is 24.5 Å². The number of carbonyl (C=O) groups is 1. The highest BCUT2D eigenvalue weighted by atomic mass is 32.1. The number of thiocarbonyl (C=S) groups is 1. The average molecular weight is 546 g/mol. The van der Waals surface area contributed by atoms with E-state index in [1.807, 2.05) is 25.1 Å². The Bertz CT molecular complexity index is 1270. The number of aromatic nitrogens is 1. The first-order valence-electron chi connectivity index (χ1n) is 12.6. The SMILES string of the molecule is CCc1cc(N2C(=S)N(c3cnc(C#N)c(C(F)(F)F)c3)C(=O)C2(C)C)ccc1OCCC1CCNCC1. The minimum absolute atomic E-state index is 0.0289. The van der Waals surface area contributed by atoms with E-state index in [0.29, 0.717) is 24.6 Å². The van der Waals surface area contributed by atoms with Crippen molar-refractivity contribution in [2.45, 2.75) is 58.2 Å². The average Bonchev–Trinajstić information content (AvgIpc) is 3.07. The molecule has 2 aliphatic heterocycles. The maximum Gasteiger partial charge on any atom is 0.419 e. The van der Waals surface area contributed by atoms with Crippen molar-refractivity contribution in [3.8, 4) is 11.8 Å². The van der Waals surface area contributed by atoms with Gasteiger partial charge in [0.05, 0.1) is 24.1 Å². The summed E-state index contributed by atoms with van der Waals surface area (Å²) < 4.78 is 46.8. The lowest BCUT2D eigenvalue weighted by atomic mass is 9.95. The molecule has 7 nitrogen and oxygen atoms in total. The molecule has 1 aromatic heterocycles. The van der Waals surface area contributed by atoms with E-state index in [2.05, 4.69) is 10.3 Å². The summed E-state index contributed by atoms with van der Waals surface area (Å²) in [5.41, 5.74) is -1.73. The van der Waals surface area contributed by atoms with E-state index in [9.17, 15) is 18.0 Å². The molecule has 3 heterocycles. The predicted octanol–water partition coefficient (Wildman–Crippen LogP) is 5.22. The number of alkyl halides is 3. The fourth-order valence-electron chi connectivity index (χ4n) is 4.97.